The Morgan fingerprint density at radius 3 is 2.89 bits per heavy atom. The summed E-state index contributed by atoms with van der Waals surface area (Å²) >= 11 is 0. The summed E-state index contributed by atoms with van der Waals surface area (Å²) in [4.78, 5) is 0. The van der Waals surface area contributed by atoms with Crippen LogP contribution in [-0.4, -0.2) is 19.3 Å². The summed E-state index contributed by atoms with van der Waals surface area (Å²) in [5.41, 5.74) is 7.70. The molecule has 1 fully saturated rings. The molecule has 2 rings (SSSR count). The highest BCUT2D eigenvalue weighted by molar-refractivity contribution is 5.48. The van der Waals surface area contributed by atoms with Crippen molar-refractivity contribution >= 4 is 5.69 Å². The van der Waals surface area contributed by atoms with Crippen LogP contribution in [0.3, 0.4) is 0 Å². The maximum Gasteiger partial charge on any atom is 0.123 e. The van der Waals surface area contributed by atoms with Crippen LogP contribution < -0.4 is 10.5 Å². The summed E-state index contributed by atoms with van der Waals surface area (Å²) in [6, 6.07) is 5.82. The molecule has 0 spiro atoms. The van der Waals surface area contributed by atoms with E-state index in [9.17, 15) is 0 Å². The highest BCUT2D eigenvalue weighted by Gasteiger charge is 2.23. The van der Waals surface area contributed by atoms with E-state index < -0.39 is 0 Å². The molecule has 1 aromatic rings. The summed E-state index contributed by atoms with van der Waals surface area (Å²) in [6.45, 7) is 3.78. The Morgan fingerprint density at radius 1 is 1.37 bits per heavy atom. The summed E-state index contributed by atoms with van der Waals surface area (Å²) < 4.78 is 11.6. The van der Waals surface area contributed by atoms with E-state index in [0.29, 0.717) is 6.10 Å². The monoisotopic (exact) mass is 261 g/mol. The van der Waals surface area contributed by atoms with Crippen LogP contribution in [0.2, 0.25) is 0 Å². The summed E-state index contributed by atoms with van der Waals surface area (Å²) in [5, 5.41) is 0. The van der Waals surface area contributed by atoms with Gasteiger partial charge in [0.1, 0.15) is 11.9 Å². The Bertz CT molecular complexity index is 431. The van der Waals surface area contributed by atoms with Crippen LogP contribution in [0.1, 0.15) is 31.2 Å². The Morgan fingerprint density at radius 2 is 2.16 bits per heavy atom. The molecule has 0 amide bonds. The Labute approximate surface area is 115 Å². The van der Waals surface area contributed by atoms with E-state index in [-0.39, 0.29) is 6.10 Å². The van der Waals surface area contributed by atoms with Gasteiger partial charge in [0.25, 0.3) is 0 Å². The summed E-state index contributed by atoms with van der Waals surface area (Å²) in [6.07, 6.45) is 7.58. The molecule has 3 heteroatoms. The average Bonchev–Trinajstić information content (AvgIpc) is 2.42. The quantitative estimate of drug-likeness (QED) is 0.653. The van der Waals surface area contributed by atoms with E-state index in [1.807, 2.05) is 24.3 Å². The topological polar surface area (TPSA) is 44.5 Å². The second-order valence-corrected chi connectivity index (χ2v) is 5.12. The van der Waals surface area contributed by atoms with Crippen LogP contribution in [0.4, 0.5) is 5.69 Å². The number of rotatable bonds is 5. The average molecular weight is 261 g/mol. The standard InChI is InChI=1S/C16H23NO2/c1-3-5-12-10-13(17)8-9-16(12)19-15-7-4-6-14(11-15)18-2/h3,8-10,14-15H,1,4-7,11,17H2,2H3. The molecule has 0 aliphatic heterocycles. The lowest BCUT2D eigenvalue weighted by Crippen LogP contribution is -2.29. The van der Waals surface area contributed by atoms with Gasteiger partial charge in [-0.15, -0.1) is 6.58 Å². The molecule has 19 heavy (non-hydrogen) atoms. The first-order valence-electron chi connectivity index (χ1n) is 6.91. The normalized spacial score (nSPS) is 23.0. The van der Waals surface area contributed by atoms with Crippen molar-refractivity contribution in [1.82, 2.24) is 0 Å². The molecule has 0 heterocycles. The zero-order valence-corrected chi connectivity index (χ0v) is 11.6. The van der Waals surface area contributed by atoms with Crippen LogP contribution in [0, 0.1) is 0 Å². The van der Waals surface area contributed by atoms with Crippen molar-refractivity contribution in [3.05, 3.63) is 36.4 Å². The number of nitrogens with two attached hydrogens (primary N) is 1. The van der Waals surface area contributed by atoms with Crippen molar-refractivity contribution in [3.8, 4) is 5.75 Å². The van der Waals surface area contributed by atoms with E-state index >= 15 is 0 Å². The maximum absolute atomic E-state index is 6.14. The number of allylic oxidation sites excluding steroid dienone is 1. The van der Waals surface area contributed by atoms with Crippen LogP contribution in [0.15, 0.2) is 30.9 Å². The fourth-order valence-corrected chi connectivity index (χ4v) is 2.63. The van der Waals surface area contributed by atoms with Crippen molar-refractivity contribution in [2.45, 2.75) is 44.3 Å². The van der Waals surface area contributed by atoms with Gasteiger partial charge in [0.05, 0.1) is 6.10 Å². The maximum atomic E-state index is 6.14. The summed E-state index contributed by atoms with van der Waals surface area (Å²) in [7, 11) is 1.78. The number of methoxy groups -OCH3 is 1. The minimum absolute atomic E-state index is 0.242. The molecule has 3 nitrogen and oxygen atoms in total. The van der Waals surface area contributed by atoms with Crippen molar-refractivity contribution in [2.24, 2.45) is 0 Å². The predicted molar refractivity (Wildman–Crippen MR) is 78.4 cm³/mol. The van der Waals surface area contributed by atoms with Gasteiger partial charge in [0, 0.05) is 19.2 Å². The lowest BCUT2D eigenvalue weighted by atomic mass is 9.94. The third kappa shape index (κ3) is 3.74. The van der Waals surface area contributed by atoms with E-state index in [2.05, 4.69) is 6.58 Å². The van der Waals surface area contributed by atoms with E-state index in [1.54, 1.807) is 7.11 Å². The molecule has 0 radical (unpaired) electrons. The second kappa shape index (κ2) is 6.62. The first-order chi connectivity index (χ1) is 9.22. The number of ether oxygens (including phenoxy) is 2. The fourth-order valence-electron chi connectivity index (χ4n) is 2.63. The molecule has 2 unspecified atom stereocenters. The number of nitrogen functional groups attached to an aromatic ring is 1. The summed E-state index contributed by atoms with van der Waals surface area (Å²) in [5.74, 6) is 0.927. The Balaban J connectivity index is 2.07. The molecule has 104 valence electrons. The zero-order valence-electron chi connectivity index (χ0n) is 11.6. The zero-order chi connectivity index (χ0) is 13.7. The third-order valence-electron chi connectivity index (χ3n) is 3.65. The molecule has 0 aromatic heterocycles. The Kier molecular flexibility index (Phi) is 4.86. The Hall–Kier alpha value is -1.48. The lowest BCUT2D eigenvalue weighted by Gasteiger charge is -2.29. The minimum atomic E-state index is 0.242. The third-order valence-corrected chi connectivity index (χ3v) is 3.65. The van der Waals surface area contributed by atoms with Crippen molar-refractivity contribution in [1.29, 1.82) is 0 Å². The molecule has 2 N–H and O–H groups in total. The molecular weight excluding hydrogens is 238 g/mol. The van der Waals surface area contributed by atoms with Crippen molar-refractivity contribution < 1.29 is 9.47 Å². The first-order valence-corrected chi connectivity index (χ1v) is 6.91. The predicted octanol–water partition coefficient (Wildman–Crippen LogP) is 3.33. The first kappa shape index (κ1) is 13.9. The van der Waals surface area contributed by atoms with Gasteiger partial charge in [-0.25, -0.2) is 0 Å². The second-order valence-electron chi connectivity index (χ2n) is 5.12. The fraction of sp³-hybridized carbons (Fsp3) is 0.500. The van der Waals surface area contributed by atoms with Crippen LogP contribution in [-0.2, 0) is 11.2 Å². The van der Waals surface area contributed by atoms with E-state index in [0.717, 1.165) is 49.1 Å². The highest BCUT2D eigenvalue weighted by Crippen LogP contribution is 2.28. The number of anilines is 1. The van der Waals surface area contributed by atoms with Crippen LogP contribution in [0.5, 0.6) is 5.75 Å². The molecule has 0 bridgehead atoms. The smallest absolute Gasteiger partial charge is 0.123 e. The largest absolute Gasteiger partial charge is 0.490 e. The van der Waals surface area contributed by atoms with Gasteiger partial charge in [-0.1, -0.05) is 6.08 Å². The van der Waals surface area contributed by atoms with Gasteiger partial charge >= 0.3 is 0 Å². The van der Waals surface area contributed by atoms with Gasteiger partial charge in [-0.2, -0.15) is 0 Å². The van der Waals surface area contributed by atoms with Gasteiger partial charge in [0.2, 0.25) is 0 Å². The lowest BCUT2D eigenvalue weighted by molar-refractivity contribution is 0.0207. The van der Waals surface area contributed by atoms with Gasteiger partial charge in [0.15, 0.2) is 0 Å². The van der Waals surface area contributed by atoms with Crippen LogP contribution in [0.25, 0.3) is 0 Å². The van der Waals surface area contributed by atoms with Gasteiger partial charge in [-0.05, 0) is 49.4 Å². The molecule has 1 aromatic carbocycles. The molecule has 1 aliphatic rings. The number of benzene rings is 1. The van der Waals surface area contributed by atoms with E-state index in [4.69, 9.17) is 15.2 Å². The van der Waals surface area contributed by atoms with Gasteiger partial charge in [-0.3, -0.25) is 0 Å². The van der Waals surface area contributed by atoms with Crippen molar-refractivity contribution in [2.75, 3.05) is 12.8 Å². The molecule has 1 aliphatic carbocycles. The number of hydrogen-bond acceptors (Lipinski definition) is 3. The SMILES string of the molecule is C=CCc1cc(N)ccc1OC1CCCC(OC)C1. The minimum Gasteiger partial charge on any atom is -0.490 e. The molecule has 1 saturated carbocycles. The molecular formula is C16H23NO2. The highest BCUT2D eigenvalue weighted by atomic mass is 16.5. The van der Waals surface area contributed by atoms with E-state index in [1.165, 1.54) is 0 Å². The number of hydrogen-bond donors (Lipinski definition) is 1. The van der Waals surface area contributed by atoms with Crippen LogP contribution >= 0.6 is 0 Å². The van der Waals surface area contributed by atoms with Gasteiger partial charge < -0.3 is 15.2 Å². The molecule has 2 atom stereocenters. The van der Waals surface area contributed by atoms with Crippen molar-refractivity contribution in [3.63, 3.8) is 0 Å². The molecule has 0 saturated heterocycles.